The summed E-state index contributed by atoms with van der Waals surface area (Å²) in [5.41, 5.74) is -0.864. The molecule has 0 bridgehead atoms. The summed E-state index contributed by atoms with van der Waals surface area (Å²) in [5, 5.41) is 15.0. The van der Waals surface area contributed by atoms with E-state index in [1.807, 2.05) is 41.5 Å². The van der Waals surface area contributed by atoms with Gasteiger partial charge in [0.25, 0.3) is 0 Å². The largest absolute Gasteiger partial charge is 0.506 e. The Morgan fingerprint density at radius 2 is 1.83 bits per heavy atom. The molecule has 3 unspecified atom stereocenters. The minimum Gasteiger partial charge on any atom is -0.450 e. The van der Waals surface area contributed by atoms with Crippen molar-refractivity contribution in [2.24, 2.45) is 17.3 Å². The fourth-order valence-electron chi connectivity index (χ4n) is 2.87. The van der Waals surface area contributed by atoms with Gasteiger partial charge in [0.1, 0.15) is 11.7 Å². The number of nitrogens with one attached hydrogen (secondary N) is 2. The van der Waals surface area contributed by atoms with Gasteiger partial charge < -0.3 is 25.2 Å². The summed E-state index contributed by atoms with van der Waals surface area (Å²) in [4.78, 5) is 22.8. The maximum Gasteiger partial charge on any atom is 0.506 e. The number of carbonyl (C=O) groups is 2. The summed E-state index contributed by atoms with van der Waals surface area (Å²) in [6.45, 7) is 13.1. The van der Waals surface area contributed by atoms with E-state index in [0.29, 0.717) is 19.6 Å². The molecule has 0 saturated carbocycles. The van der Waals surface area contributed by atoms with Crippen molar-refractivity contribution in [1.29, 1.82) is 0 Å². The lowest BCUT2D eigenvalue weighted by Crippen LogP contribution is -2.44. The molecule has 1 aliphatic heterocycles. The van der Waals surface area contributed by atoms with Crippen LogP contribution in [-0.2, 0) is 9.47 Å². The highest BCUT2D eigenvalue weighted by Gasteiger charge is 2.42. The van der Waals surface area contributed by atoms with E-state index in [9.17, 15) is 9.59 Å². The van der Waals surface area contributed by atoms with Crippen LogP contribution in [0.4, 0.5) is 9.59 Å². The topological polar surface area (TPSA) is 96.9 Å². The van der Waals surface area contributed by atoms with Gasteiger partial charge in [-0.05, 0) is 32.1 Å². The van der Waals surface area contributed by atoms with Crippen LogP contribution >= 0.6 is 0 Å². The summed E-state index contributed by atoms with van der Waals surface area (Å²) in [5.74, 6) is 0.0899. The Morgan fingerprint density at radius 1 is 1.22 bits per heavy atom. The number of amides is 1. The van der Waals surface area contributed by atoms with Crippen molar-refractivity contribution in [3.63, 3.8) is 0 Å². The van der Waals surface area contributed by atoms with Gasteiger partial charge in [-0.3, -0.25) is 0 Å². The molecule has 0 aromatic rings. The third-order valence-electron chi connectivity index (χ3n) is 3.77. The van der Waals surface area contributed by atoms with Crippen LogP contribution in [0.15, 0.2) is 0 Å². The van der Waals surface area contributed by atoms with E-state index in [4.69, 9.17) is 14.6 Å². The quantitative estimate of drug-likeness (QED) is 0.685. The third-order valence-corrected chi connectivity index (χ3v) is 3.77. The summed E-state index contributed by atoms with van der Waals surface area (Å²) >= 11 is 0. The van der Waals surface area contributed by atoms with E-state index in [-0.39, 0.29) is 17.3 Å². The molecule has 7 heteroatoms. The van der Waals surface area contributed by atoms with Crippen molar-refractivity contribution in [1.82, 2.24) is 10.6 Å². The molecule has 7 nitrogen and oxygen atoms in total. The molecule has 0 radical (unpaired) electrons. The molecule has 0 spiro atoms. The highest BCUT2D eigenvalue weighted by molar-refractivity contribution is 5.67. The Morgan fingerprint density at radius 3 is 2.30 bits per heavy atom. The summed E-state index contributed by atoms with van der Waals surface area (Å²) in [6, 6.07) is 0. The van der Waals surface area contributed by atoms with E-state index in [0.717, 1.165) is 0 Å². The van der Waals surface area contributed by atoms with Crippen molar-refractivity contribution >= 4 is 12.2 Å². The first-order valence-corrected chi connectivity index (χ1v) is 7.97. The maximum atomic E-state index is 11.8. The van der Waals surface area contributed by atoms with Gasteiger partial charge in [-0.15, -0.1) is 0 Å². The highest BCUT2D eigenvalue weighted by atomic mass is 16.7. The summed E-state index contributed by atoms with van der Waals surface area (Å²) in [7, 11) is 0. The SMILES string of the molecule is CC(C)(C)OC(=O)NCC1CNCC1C(OC(=O)O)C(C)(C)C. The Balaban J connectivity index is 2.68. The monoisotopic (exact) mass is 330 g/mol. The maximum absolute atomic E-state index is 11.8. The van der Waals surface area contributed by atoms with Gasteiger partial charge in [0, 0.05) is 25.6 Å². The molecule has 0 aliphatic carbocycles. The molecular formula is C16H30N2O5. The molecule has 3 atom stereocenters. The zero-order valence-electron chi connectivity index (χ0n) is 14.9. The smallest absolute Gasteiger partial charge is 0.450 e. The Kier molecular flexibility index (Phi) is 6.27. The molecule has 0 aromatic heterocycles. The summed E-state index contributed by atoms with van der Waals surface area (Å²) < 4.78 is 10.4. The number of alkyl carbamates (subject to hydrolysis) is 1. The lowest BCUT2D eigenvalue weighted by molar-refractivity contribution is -0.0369. The number of rotatable bonds is 4. The second kappa shape index (κ2) is 7.38. The predicted molar refractivity (Wildman–Crippen MR) is 86.4 cm³/mol. The lowest BCUT2D eigenvalue weighted by atomic mass is 9.77. The van der Waals surface area contributed by atoms with Gasteiger partial charge in [0.15, 0.2) is 0 Å². The minimum atomic E-state index is -1.27. The minimum absolute atomic E-state index is 0.000960. The fourth-order valence-corrected chi connectivity index (χ4v) is 2.87. The molecule has 0 aromatic carbocycles. The predicted octanol–water partition coefficient (Wildman–Crippen LogP) is 2.46. The van der Waals surface area contributed by atoms with Gasteiger partial charge in [-0.1, -0.05) is 20.8 Å². The molecule has 134 valence electrons. The van der Waals surface area contributed by atoms with Crippen LogP contribution in [0, 0.1) is 17.3 Å². The van der Waals surface area contributed by atoms with Crippen LogP contribution in [0.5, 0.6) is 0 Å². The van der Waals surface area contributed by atoms with Crippen LogP contribution in [-0.4, -0.2) is 48.7 Å². The standard InChI is InChI=1S/C16H30N2O5/c1-15(2,3)12(22-14(20)21)11-9-17-7-10(11)8-18-13(19)23-16(4,5)6/h10-12,17H,7-9H2,1-6H3,(H,18,19)(H,20,21). The van der Waals surface area contributed by atoms with Gasteiger partial charge in [-0.2, -0.15) is 0 Å². The molecule has 1 heterocycles. The Bertz CT molecular complexity index is 425. The van der Waals surface area contributed by atoms with E-state index in [1.165, 1.54) is 0 Å². The molecule has 1 rings (SSSR count). The molecule has 1 fully saturated rings. The van der Waals surface area contributed by atoms with E-state index < -0.39 is 24.0 Å². The van der Waals surface area contributed by atoms with Gasteiger partial charge in [0.2, 0.25) is 0 Å². The molecular weight excluding hydrogens is 300 g/mol. The van der Waals surface area contributed by atoms with Crippen LogP contribution in [0.1, 0.15) is 41.5 Å². The van der Waals surface area contributed by atoms with Crippen LogP contribution < -0.4 is 10.6 Å². The molecule has 1 saturated heterocycles. The first-order chi connectivity index (χ1) is 10.4. The molecule has 23 heavy (non-hydrogen) atoms. The van der Waals surface area contributed by atoms with Gasteiger partial charge in [-0.25, -0.2) is 9.59 Å². The number of hydrogen-bond donors (Lipinski definition) is 3. The number of ether oxygens (including phenoxy) is 2. The molecule has 1 amide bonds. The number of carbonyl (C=O) groups excluding carboxylic acids is 1. The van der Waals surface area contributed by atoms with E-state index in [2.05, 4.69) is 10.6 Å². The average Bonchev–Trinajstić information content (AvgIpc) is 2.77. The molecule has 1 aliphatic rings. The second-order valence-electron chi connectivity index (χ2n) is 8.14. The van der Waals surface area contributed by atoms with E-state index in [1.54, 1.807) is 0 Å². The van der Waals surface area contributed by atoms with Crippen molar-refractivity contribution in [2.45, 2.75) is 53.2 Å². The van der Waals surface area contributed by atoms with Crippen molar-refractivity contribution in [2.75, 3.05) is 19.6 Å². The molecule has 3 N–H and O–H groups in total. The first kappa shape index (κ1) is 19.5. The van der Waals surface area contributed by atoms with E-state index >= 15 is 0 Å². The van der Waals surface area contributed by atoms with Crippen molar-refractivity contribution in [3.8, 4) is 0 Å². The van der Waals surface area contributed by atoms with Gasteiger partial charge >= 0.3 is 12.2 Å². The van der Waals surface area contributed by atoms with Crippen molar-refractivity contribution < 1.29 is 24.2 Å². The highest BCUT2D eigenvalue weighted by Crippen LogP contribution is 2.34. The fraction of sp³-hybridized carbons (Fsp3) is 0.875. The normalized spacial score (nSPS) is 23.2. The lowest BCUT2D eigenvalue weighted by Gasteiger charge is -2.36. The second-order valence-corrected chi connectivity index (χ2v) is 8.14. The number of carboxylic acid groups (broad SMARTS) is 1. The Hall–Kier alpha value is -1.50. The zero-order valence-corrected chi connectivity index (χ0v) is 14.9. The summed E-state index contributed by atoms with van der Waals surface area (Å²) in [6.07, 6.45) is -2.18. The first-order valence-electron chi connectivity index (χ1n) is 7.97. The number of hydrogen-bond acceptors (Lipinski definition) is 5. The zero-order chi connectivity index (χ0) is 17.8. The average molecular weight is 330 g/mol. The van der Waals surface area contributed by atoms with Crippen LogP contribution in [0.25, 0.3) is 0 Å². The van der Waals surface area contributed by atoms with Crippen LogP contribution in [0.3, 0.4) is 0 Å². The third kappa shape index (κ3) is 6.64. The van der Waals surface area contributed by atoms with Crippen molar-refractivity contribution in [3.05, 3.63) is 0 Å². The van der Waals surface area contributed by atoms with Crippen LogP contribution in [0.2, 0.25) is 0 Å². The Labute approximate surface area is 138 Å². The van der Waals surface area contributed by atoms with Gasteiger partial charge in [0.05, 0.1) is 0 Å².